The van der Waals surface area contributed by atoms with Gasteiger partial charge >= 0.3 is 0 Å². The fraction of sp³-hybridized carbons (Fsp3) is 0.621. The number of piperidine rings is 1. The summed E-state index contributed by atoms with van der Waals surface area (Å²) < 4.78 is 2.31. The Kier molecular flexibility index (Phi) is 7.29. The second kappa shape index (κ2) is 11.0. The third-order valence-electron chi connectivity index (χ3n) is 8.94. The molecule has 8 nitrogen and oxygen atoms in total. The summed E-state index contributed by atoms with van der Waals surface area (Å²) in [6.45, 7) is 4.47. The van der Waals surface area contributed by atoms with Crippen molar-refractivity contribution in [3.8, 4) is 0 Å². The molecule has 2 aromatic heterocycles. The number of rotatable bonds is 7. The lowest BCUT2D eigenvalue weighted by molar-refractivity contribution is 0.167. The highest BCUT2D eigenvalue weighted by Crippen LogP contribution is 2.34. The van der Waals surface area contributed by atoms with Crippen LogP contribution in [0.25, 0.3) is 11.2 Å². The molecule has 4 N–H and O–H groups in total. The summed E-state index contributed by atoms with van der Waals surface area (Å²) in [7, 11) is 0. The molecule has 2 aliphatic carbocycles. The Balaban J connectivity index is 1.19. The number of likely N-dealkylation sites (tertiary alicyclic amines) is 1. The number of aromatic nitrogens is 4. The maximum atomic E-state index is 6.16. The van der Waals surface area contributed by atoms with E-state index in [2.05, 4.69) is 57.4 Å². The van der Waals surface area contributed by atoms with Crippen molar-refractivity contribution in [2.45, 2.75) is 101 Å². The highest BCUT2D eigenvalue weighted by molar-refractivity contribution is 5.84. The Morgan fingerprint density at radius 2 is 1.57 bits per heavy atom. The van der Waals surface area contributed by atoms with Gasteiger partial charge in [-0.05, 0) is 63.9 Å². The Bertz CT molecular complexity index is 1160. The van der Waals surface area contributed by atoms with Gasteiger partial charge in [-0.2, -0.15) is 9.97 Å². The van der Waals surface area contributed by atoms with E-state index in [0.717, 1.165) is 74.5 Å². The van der Waals surface area contributed by atoms with Crippen LogP contribution in [0.5, 0.6) is 0 Å². The highest BCUT2D eigenvalue weighted by Gasteiger charge is 2.27. The number of nitrogens with one attached hydrogen (secondary N) is 2. The van der Waals surface area contributed by atoms with Gasteiger partial charge in [0.2, 0.25) is 5.95 Å². The molecule has 0 radical (unpaired) electrons. The molecule has 3 aliphatic rings. The van der Waals surface area contributed by atoms with Crippen molar-refractivity contribution < 1.29 is 0 Å². The van der Waals surface area contributed by atoms with Crippen LogP contribution in [0, 0.1) is 0 Å². The molecule has 1 aliphatic heterocycles. The van der Waals surface area contributed by atoms with E-state index in [-0.39, 0.29) is 0 Å². The molecule has 37 heavy (non-hydrogen) atoms. The molecule has 1 atom stereocenters. The minimum Gasteiger partial charge on any atom is -0.365 e. The van der Waals surface area contributed by atoms with E-state index in [1.807, 2.05) is 6.33 Å². The Morgan fingerprint density at radius 3 is 2.30 bits per heavy atom. The summed E-state index contributed by atoms with van der Waals surface area (Å²) >= 11 is 0. The summed E-state index contributed by atoms with van der Waals surface area (Å²) in [5, 5.41) is 7.45. The number of hydrogen-bond donors (Lipinski definition) is 3. The van der Waals surface area contributed by atoms with Crippen LogP contribution in [0.1, 0.15) is 88.8 Å². The summed E-state index contributed by atoms with van der Waals surface area (Å²) in [6, 6.07) is 12.9. The summed E-state index contributed by atoms with van der Waals surface area (Å²) in [5.41, 5.74) is 9.42. The number of fused-ring (bicyclic) bond motifs is 1. The molecule has 6 rings (SSSR count). The lowest BCUT2D eigenvalue weighted by atomic mass is 9.92. The molecular weight excluding hydrogens is 460 g/mol. The lowest BCUT2D eigenvalue weighted by Gasteiger charge is -2.36. The first-order chi connectivity index (χ1) is 18.1. The molecule has 3 aromatic rings. The van der Waals surface area contributed by atoms with Crippen LogP contribution in [0.4, 0.5) is 11.8 Å². The van der Waals surface area contributed by atoms with Gasteiger partial charge in [0.25, 0.3) is 0 Å². The minimum atomic E-state index is 0.331. The lowest BCUT2D eigenvalue weighted by Crippen LogP contribution is -2.40. The smallest absolute Gasteiger partial charge is 0.227 e. The van der Waals surface area contributed by atoms with Crippen molar-refractivity contribution in [2.75, 3.05) is 23.7 Å². The molecule has 1 unspecified atom stereocenters. The average molecular weight is 503 g/mol. The van der Waals surface area contributed by atoms with Crippen LogP contribution in [0.2, 0.25) is 0 Å². The van der Waals surface area contributed by atoms with Crippen LogP contribution in [0.3, 0.4) is 0 Å². The van der Waals surface area contributed by atoms with Crippen molar-refractivity contribution in [3.05, 3.63) is 42.2 Å². The van der Waals surface area contributed by atoms with E-state index in [1.165, 1.54) is 31.2 Å². The number of nitrogens with two attached hydrogens (primary N) is 1. The Morgan fingerprint density at radius 1 is 0.865 bits per heavy atom. The largest absolute Gasteiger partial charge is 0.365 e. The zero-order valence-electron chi connectivity index (χ0n) is 22.1. The van der Waals surface area contributed by atoms with Crippen molar-refractivity contribution in [3.63, 3.8) is 0 Å². The third-order valence-corrected chi connectivity index (χ3v) is 8.94. The molecule has 0 amide bonds. The number of imidazole rings is 1. The van der Waals surface area contributed by atoms with E-state index in [4.69, 9.17) is 20.7 Å². The van der Waals surface area contributed by atoms with Crippen molar-refractivity contribution in [1.29, 1.82) is 0 Å². The summed E-state index contributed by atoms with van der Waals surface area (Å²) in [6.07, 6.45) is 13.4. The van der Waals surface area contributed by atoms with Crippen molar-refractivity contribution >= 4 is 22.9 Å². The first-order valence-corrected chi connectivity index (χ1v) is 14.5. The van der Waals surface area contributed by atoms with Crippen molar-refractivity contribution in [2.24, 2.45) is 5.73 Å². The summed E-state index contributed by atoms with van der Waals surface area (Å²) in [5.74, 6) is 1.61. The first kappa shape index (κ1) is 24.6. The molecule has 8 heteroatoms. The number of benzene rings is 1. The van der Waals surface area contributed by atoms with Gasteiger partial charge in [-0.1, -0.05) is 43.2 Å². The zero-order chi connectivity index (χ0) is 25.2. The minimum absolute atomic E-state index is 0.331. The Hall–Kier alpha value is -2.71. The first-order valence-electron chi connectivity index (χ1n) is 14.5. The number of anilines is 2. The van der Waals surface area contributed by atoms with E-state index < -0.39 is 0 Å². The fourth-order valence-corrected chi connectivity index (χ4v) is 6.54. The second-order valence-corrected chi connectivity index (χ2v) is 11.5. The van der Waals surface area contributed by atoms with Crippen LogP contribution in [-0.2, 0) is 0 Å². The molecule has 1 aromatic carbocycles. The third kappa shape index (κ3) is 5.46. The van der Waals surface area contributed by atoms with Crippen LogP contribution >= 0.6 is 0 Å². The van der Waals surface area contributed by atoms with E-state index in [9.17, 15) is 0 Å². The topological polar surface area (TPSA) is 96.9 Å². The maximum absolute atomic E-state index is 6.16. The molecular formula is C29H42N8. The van der Waals surface area contributed by atoms with Gasteiger partial charge in [-0.15, -0.1) is 0 Å². The quantitative estimate of drug-likeness (QED) is 0.405. The molecule has 0 bridgehead atoms. The molecule has 1 saturated heterocycles. The standard InChI is InChI=1S/C29H42N8/c1-20(21-7-3-2-4-8-21)36-17-15-24(16-18-36)33-29-34-27(32-23-13-11-22(30)12-14-23)26-28(35-29)37(19-31-26)25-9-5-6-10-25/h2-4,7-8,19-20,22-25H,5-6,9-18,30H2,1H3,(H2,32,33,34,35). The monoisotopic (exact) mass is 502 g/mol. The maximum Gasteiger partial charge on any atom is 0.227 e. The Labute approximate surface area is 220 Å². The highest BCUT2D eigenvalue weighted by atomic mass is 15.2. The van der Waals surface area contributed by atoms with Crippen molar-refractivity contribution in [1.82, 2.24) is 24.4 Å². The SMILES string of the molecule is CC(c1ccccc1)N1CCC(Nc2nc(NC3CCC(N)CC3)c3ncn(C4CCCC4)c3n2)CC1. The predicted molar refractivity (Wildman–Crippen MR) is 150 cm³/mol. The number of hydrogen-bond acceptors (Lipinski definition) is 7. The summed E-state index contributed by atoms with van der Waals surface area (Å²) in [4.78, 5) is 17.4. The predicted octanol–water partition coefficient (Wildman–Crippen LogP) is 5.26. The molecule has 198 valence electrons. The van der Waals surface area contributed by atoms with Gasteiger partial charge in [-0.3, -0.25) is 4.90 Å². The van der Waals surface area contributed by atoms with Gasteiger partial charge in [-0.25, -0.2) is 4.98 Å². The molecule has 0 spiro atoms. The second-order valence-electron chi connectivity index (χ2n) is 11.5. The number of nitrogens with zero attached hydrogens (tertiary/aromatic N) is 5. The fourth-order valence-electron chi connectivity index (χ4n) is 6.54. The van der Waals surface area contributed by atoms with Crippen LogP contribution in [-0.4, -0.2) is 55.6 Å². The zero-order valence-corrected chi connectivity index (χ0v) is 22.1. The molecule has 3 fully saturated rings. The van der Waals surface area contributed by atoms with Gasteiger partial charge in [0.1, 0.15) is 0 Å². The molecule has 2 saturated carbocycles. The molecule has 3 heterocycles. The van der Waals surface area contributed by atoms with Gasteiger partial charge in [0, 0.05) is 43.3 Å². The van der Waals surface area contributed by atoms with E-state index in [1.54, 1.807) is 0 Å². The van der Waals surface area contributed by atoms with Gasteiger partial charge in [0.15, 0.2) is 17.0 Å². The van der Waals surface area contributed by atoms with Gasteiger partial charge in [0.05, 0.1) is 6.33 Å². The van der Waals surface area contributed by atoms with E-state index in [0.29, 0.717) is 30.2 Å². The normalized spacial score (nSPS) is 24.9. The van der Waals surface area contributed by atoms with Crippen LogP contribution < -0.4 is 16.4 Å². The van der Waals surface area contributed by atoms with E-state index >= 15 is 0 Å². The average Bonchev–Trinajstić information content (AvgIpc) is 3.61. The van der Waals surface area contributed by atoms with Gasteiger partial charge < -0.3 is 20.9 Å². The van der Waals surface area contributed by atoms with Crippen LogP contribution in [0.15, 0.2) is 36.7 Å².